The monoisotopic (exact) mass is 461 g/mol. The van der Waals surface area contributed by atoms with E-state index < -0.39 is 5.97 Å². The third-order valence-electron chi connectivity index (χ3n) is 6.15. The molecule has 4 rings (SSSR count). The summed E-state index contributed by atoms with van der Waals surface area (Å²) in [5.41, 5.74) is 0.912. The second kappa shape index (κ2) is 9.77. The van der Waals surface area contributed by atoms with Crippen molar-refractivity contribution in [3.63, 3.8) is 0 Å². The van der Waals surface area contributed by atoms with Crippen molar-refractivity contribution in [3.8, 4) is 11.8 Å². The molecule has 0 radical (unpaired) electrons. The highest BCUT2D eigenvalue weighted by atomic mass is 35.5. The number of methoxy groups -OCH3 is 1. The number of anilines is 2. The molecule has 2 aromatic heterocycles. The lowest BCUT2D eigenvalue weighted by Gasteiger charge is -2.38. The predicted molar refractivity (Wildman–Crippen MR) is 121 cm³/mol. The number of aromatic nitrogens is 3. The van der Waals surface area contributed by atoms with Gasteiger partial charge in [-0.2, -0.15) is 0 Å². The van der Waals surface area contributed by atoms with Crippen LogP contribution in [0.2, 0.25) is 5.02 Å². The summed E-state index contributed by atoms with van der Waals surface area (Å²) in [6, 6.07) is 1.83. The van der Waals surface area contributed by atoms with Gasteiger partial charge in [0.1, 0.15) is 11.9 Å². The Morgan fingerprint density at radius 1 is 1.19 bits per heavy atom. The van der Waals surface area contributed by atoms with Crippen LogP contribution in [0.3, 0.4) is 0 Å². The topological polar surface area (TPSA) is 101 Å². The normalized spacial score (nSPS) is 23.3. The summed E-state index contributed by atoms with van der Waals surface area (Å²) in [7, 11) is 1.59. The molecule has 2 unspecified atom stereocenters. The highest BCUT2D eigenvalue weighted by Gasteiger charge is 2.30. The minimum atomic E-state index is -0.790. The number of piperidine rings is 1. The van der Waals surface area contributed by atoms with E-state index in [1.54, 1.807) is 25.7 Å². The van der Waals surface area contributed by atoms with E-state index in [9.17, 15) is 4.79 Å². The molecular weight excluding hydrogens is 434 g/mol. The molecule has 2 aromatic rings. The maximum Gasteiger partial charge on any atom is 0.305 e. The first-order valence-corrected chi connectivity index (χ1v) is 11.2. The fourth-order valence-corrected chi connectivity index (χ4v) is 4.73. The Bertz CT molecular complexity index is 944. The van der Waals surface area contributed by atoms with Crippen molar-refractivity contribution >= 4 is 29.1 Å². The number of ether oxygens (including phenoxy) is 2. The van der Waals surface area contributed by atoms with Gasteiger partial charge in [0.25, 0.3) is 0 Å². The second-order valence-corrected chi connectivity index (χ2v) is 8.75. The molecule has 2 saturated heterocycles. The van der Waals surface area contributed by atoms with Crippen molar-refractivity contribution in [2.45, 2.75) is 44.8 Å². The Balaban J connectivity index is 1.37. The fourth-order valence-electron chi connectivity index (χ4n) is 4.51. The van der Waals surface area contributed by atoms with Gasteiger partial charge in [-0.15, -0.1) is 0 Å². The second-order valence-electron chi connectivity index (χ2n) is 8.35. The van der Waals surface area contributed by atoms with Gasteiger partial charge in [-0.3, -0.25) is 4.79 Å². The number of nitrogens with zero attached hydrogens (tertiary/aromatic N) is 5. The first-order valence-electron chi connectivity index (χ1n) is 10.9. The first-order chi connectivity index (χ1) is 15.4. The molecule has 1 N–H and O–H groups in total. The molecule has 3 atom stereocenters. The van der Waals surface area contributed by atoms with Gasteiger partial charge < -0.3 is 24.4 Å². The van der Waals surface area contributed by atoms with E-state index in [1.807, 2.05) is 11.0 Å². The summed E-state index contributed by atoms with van der Waals surface area (Å²) < 4.78 is 11.4. The molecule has 2 aliphatic rings. The van der Waals surface area contributed by atoms with E-state index in [1.165, 1.54) is 0 Å². The van der Waals surface area contributed by atoms with E-state index >= 15 is 0 Å². The third kappa shape index (κ3) is 4.98. The molecule has 0 saturated carbocycles. The van der Waals surface area contributed by atoms with Crippen molar-refractivity contribution in [2.24, 2.45) is 5.92 Å². The zero-order valence-electron chi connectivity index (χ0n) is 18.3. The zero-order valence-corrected chi connectivity index (χ0v) is 19.0. The molecule has 2 fully saturated rings. The minimum absolute atomic E-state index is 0.0143. The number of hydrogen-bond acceptors (Lipinski definition) is 8. The highest BCUT2D eigenvalue weighted by Crippen LogP contribution is 2.33. The number of carboxylic acids is 1. The molecule has 172 valence electrons. The molecule has 32 heavy (non-hydrogen) atoms. The van der Waals surface area contributed by atoms with Gasteiger partial charge >= 0.3 is 5.97 Å². The Kier molecular flexibility index (Phi) is 6.83. The minimum Gasteiger partial charge on any atom is -0.481 e. The highest BCUT2D eigenvalue weighted by molar-refractivity contribution is 6.33. The molecular formula is C22H28ClN5O4. The van der Waals surface area contributed by atoms with Crippen LogP contribution in [0.4, 0.5) is 11.5 Å². The van der Waals surface area contributed by atoms with E-state index in [-0.39, 0.29) is 24.5 Å². The molecule has 0 spiro atoms. The summed E-state index contributed by atoms with van der Waals surface area (Å²) >= 11 is 6.36. The van der Waals surface area contributed by atoms with Crippen molar-refractivity contribution in [2.75, 3.05) is 36.5 Å². The number of aliphatic carboxylic acids is 1. The smallest absolute Gasteiger partial charge is 0.305 e. The van der Waals surface area contributed by atoms with Gasteiger partial charge in [-0.25, -0.2) is 15.0 Å². The van der Waals surface area contributed by atoms with Crippen LogP contribution in [0.15, 0.2) is 24.7 Å². The average Bonchev–Trinajstić information content (AvgIpc) is 3.23. The summed E-state index contributed by atoms with van der Waals surface area (Å²) in [5.74, 6) is 1.18. The Morgan fingerprint density at radius 3 is 2.69 bits per heavy atom. The Morgan fingerprint density at radius 2 is 2.00 bits per heavy atom. The van der Waals surface area contributed by atoms with Gasteiger partial charge in [-0.1, -0.05) is 18.5 Å². The lowest BCUT2D eigenvalue weighted by molar-refractivity contribution is -0.137. The number of pyridine rings is 1. The first kappa shape index (κ1) is 22.4. The van der Waals surface area contributed by atoms with Crippen molar-refractivity contribution in [3.05, 3.63) is 29.7 Å². The van der Waals surface area contributed by atoms with Crippen LogP contribution in [0.5, 0.6) is 11.8 Å². The van der Waals surface area contributed by atoms with E-state index in [0.717, 1.165) is 44.6 Å². The summed E-state index contributed by atoms with van der Waals surface area (Å²) in [5, 5.41) is 9.72. The standard InChI is InChI=1S/C22H28ClN5O4/c1-14-13-27(17-9-20(31-2)25-10-16(17)23)7-5-18(14)32-21-12-24-19(11-26-21)28-6-3-4-15(28)8-22(29)30/h9-12,14-15,18H,3-8,13H2,1-2H3,(H,29,30)/t14?,15?,18-/m1/s1. The van der Waals surface area contributed by atoms with Crippen molar-refractivity contribution < 1.29 is 19.4 Å². The fraction of sp³-hybridized carbons (Fsp3) is 0.545. The Labute approximate surface area is 192 Å². The summed E-state index contributed by atoms with van der Waals surface area (Å²) in [6.45, 7) is 4.52. The van der Waals surface area contributed by atoms with Crippen LogP contribution in [-0.4, -0.2) is 64.9 Å². The SMILES string of the molecule is COc1cc(N2CC[C@@H](Oc3cnc(N4CCCC4CC(=O)O)cn3)C(C)C2)c(Cl)cn1. The largest absolute Gasteiger partial charge is 0.481 e. The van der Waals surface area contributed by atoms with E-state index in [2.05, 4.69) is 26.8 Å². The van der Waals surface area contributed by atoms with Gasteiger partial charge in [0.05, 0.1) is 42.8 Å². The maximum atomic E-state index is 11.1. The van der Waals surface area contributed by atoms with Gasteiger partial charge in [0.2, 0.25) is 11.8 Å². The van der Waals surface area contributed by atoms with Crippen LogP contribution in [0.25, 0.3) is 0 Å². The van der Waals surface area contributed by atoms with Crippen molar-refractivity contribution in [1.82, 2.24) is 15.0 Å². The molecule has 0 amide bonds. The number of carboxylic acid groups (broad SMARTS) is 1. The van der Waals surface area contributed by atoms with Crippen molar-refractivity contribution in [1.29, 1.82) is 0 Å². The molecule has 0 bridgehead atoms. The molecule has 0 aliphatic carbocycles. The van der Waals surface area contributed by atoms with E-state index in [0.29, 0.717) is 22.6 Å². The summed E-state index contributed by atoms with van der Waals surface area (Å²) in [4.78, 5) is 28.4. The number of rotatable bonds is 7. The lowest BCUT2D eigenvalue weighted by atomic mass is 9.96. The maximum absolute atomic E-state index is 11.1. The molecule has 2 aliphatic heterocycles. The molecule has 4 heterocycles. The average molecular weight is 462 g/mol. The molecule has 9 nitrogen and oxygen atoms in total. The number of hydrogen-bond donors (Lipinski definition) is 1. The van der Waals surface area contributed by atoms with Crippen LogP contribution >= 0.6 is 11.6 Å². The Hall–Kier alpha value is -2.81. The van der Waals surface area contributed by atoms with E-state index in [4.69, 9.17) is 26.2 Å². The quantitative estimate of drug-likeness (QED) is 0.665. The number of halogens is 1. The molecule has 0 aromatic carbocycles. The van der Waals surface area contributed by atoms with Gasteiger partial charge in [-0.05, 0) is 12.8 Å². The van der Waals surface area contributed by atoms with Crippen LogP contribution < -0.4 is 19.3 Å². The number of carbonyl (C=O) groups is 1. The predicted octanol–water partition coefficient (Wildman–Crippen LogP) is 3.27. The van der Waals surface area contributed by atoms with Crippen LogP contribution in [0, 0.1) is 5.92 Å². The van der Waals surface area contributed by atoms with Gasteiger partial charge in [0, 0.05) is 44.1 Å². The summed E-state index contributed by atoms with van der Waals surface area (Å²) in [6.07, 6.45) is 7.69. The van der Waals surface area contributed by atoms with Gasteiger partial charge in [0.15, 0.2) is 0 Å². The van der Waals surface area contributed by atoms with Crippen LogP contribution in [0.1, 0.15) is 32.6 Å². The lowest BCUT2D eigenvalue weighted by Crippen LogP contribution is -2.44. The zero-order chi connectivity index (χ0) is 22.7. The van der Waals surface area contributed by atoms with Crippen LogP contribution in [-0.2, 0) is 4.79 Å². The third-order valence-corrected chi connectivity index (χ3v) is 6.45. The molecule has 10 heteroatoms.